The van der Waals surface area contributed by atoms with Gasteiger partial charge in [0.2, 0.25) is 0 Å². The summed E-state index contributed by atoms with van der Waals surface area (Å²) in [5.41, 5.74) is 11.6. The van der Waals surface area contributed by atoms with E-state index < -0.39 is 0 Å². The Morgan fingerprint density at radius 1 is 1.17 bits per heavy atom. The van der Waals surface area contributed by atoms with Crippen LogP contribution >= 0.6 is 11.6 Å². The highest BCUT2D eigenvalue weighted by Gasteiger charge is 2.15. The Morgan fingerprint density at radius 3 is 2.71 bits per heavy atom. The average molecular weight is 343 g/mol. The van der Waals surface area contributed by atoms with E-state index in [9.17, 15) is 0 Å². The SMILES string of the molecule is COc1cc(C)c2[nH]c(-c3cccc(Cl)c3)c(CCCCN)c2c1. The number of benzene rings is 2. The van der Waals surface area contributed by atoms with Gasteiger partial charge in [0.05, 0.1) is 7.11 Å². The van der Waals surface area contributed by atoms with Crippen LogP contribution in [-0.2, 0) is 6.42 Å². The highest BCUT2D eigenvalue weighted by Crippen LogP contribution is 2.36. The molecule has 0 atom stereocenters. The van der Waals surface area contributed by atoms with Crippen molar-refractivity contribution in [2.45, 2.75) is 26.2 Å². The first-order chi connectivity index (χ1) is 11.6. The van der Waals surface area contributed by atoms with Crippen LogP contribution in [0.15, 0.2) is 36.4 Å². The molecule has 2 aromatic carbocycles. The van der Waals surface area contributed by atoms with Crippen LogP contribution in [0.3, 0.4) is 0 Å². The number of fused-ring (bicyclic) bond motifs is 1. The zero-order chi connectivity index (χ0) is 17.1. The minimum absolute atomic E-state index is 0.719. The molecule has 0 radical (unpaired) electrons. The van der Waals surface area contributed by atoms with Gasteiger partial charge in [0.1, 0.15) is 5.75 Å². The molecule has 3 rings (SSSR count). The number of unbranched alkanes of at least 4 members (excludes halogenated alkanes) is 1. The minimum atomic E-state index is 0.719. The van der Waals surface area contributed by atoms with Crippen LogP contribution in [0, 0.1) is 6.92 Å². The van der Waals surface area contributed by atoms with Crippen molar-refractivity contribution in [3.63, 3.8) is 0 Å². The van der Waals surface area contributed by atoms with Gasteiger partial charge in [0, 0.05) is 21.6 Å². The number of aromatic amines is 1. The lowest BCUT2D eigenvalue weighted by atomic mass is 9.99. The Morgan fingerprint density at radius 2 is 2.00 bits per heavy atom. The Bertz CT molecular complexity index is 854. The zero-order valence-electron chi connectivity index (χ0n) is 14.2. The molecule has 1 heterocycles. The summed E-state index contributed by atoms with van der Waals surface area (Å²) in [6, 6.07) is 12.2. The largest absolute Gasteiger partial charge is 0.497 e. The summed E-state index contributed by atoms with van der Waals surface area (Å²) in [6.45, 7) is 2.82. The van der Waals surface area contributed by atoms with Gasteiger partial charge >= 0.3 is 0 Å². The van der Waals surface area contributed by atoms with E-state index in [1.165, 1.54) is 16.5 Å². The van der Waals surface area contributed by atoms with E-state index >= 15 is 0 Å². The Hall–Kier alpha value is -1.97. The molecule has 4 heteroatoms. The summed E-state index contributed by atoms with van der Waals surface area (Å²) in [5.74, 6) is 0.886. The lowest BCUT2D eigenvalue weighted by Gasteiger charge is -2.07. The number of halogens is 1. The molecule has 0 spiro atoms. The lowest BCUT2D eigenvalue weighted by Crippen LogP contribution is -1.99. The van der Waals surface area contributed by atoms with Crippen molar-refractivity contribution in [2.75, 3.05) is 13.7 Å². The fraction of sp³-hybridized carbons (Fsp3) is 0.300. The molecule has 0 fully saturated rings. The molecule has 3 N–H and O–H groups in total. The monoisotopic (exact) mass is 342 g/mol. The number of nitrogens with one attached hydrogen (secondary N) is 1. The van der Waals surface area contributed by atoms with Crippen molar-refractivity contribution >= 4 is 22.5 Å². The van der Waals surface area contributed by atoms with Crippen LogP contribution in [-0.4, -0.2) is 18.6 Å². The van der Waals surface area contributed by atoms with Gasteiger partial charge in [-0.05, 0) is 73.7 Å². The third-order valence-corrected chi connectivity index (χ3v) is 4.65. The molecule has 0 amide bonds. The number of aromatic nitrogens is 1. The molecular weight excluding hydrogens is 320 g/mol. The van der Waals surface area contributed by atoms with Gasteiger partial charge in [-0.3, -0.25) is 0 Å². The molecule has 0 saturated carbocycles. The molecule has 1 aromatic heterocycles. The summed E-state index contributed by atoms with van der Waals surface area (Å²) in [7, 11) is 1.71. The summed E-state index contributed by atoms with van der Waals surface area (Å²) in [5, 5.41) is 1.97. The van der Waals surface area contributed by atoms with Crippen molar-refractivity contribution in [3.8, 4) is 17.0 Å². The second-order valence-electron chi connectivity index (χ2n) is 6.10. The maximum Gasteiger partial charge on any atom is 0.119 e. The second kappa shape index (κ2) is 7.29. The van der Waals surface area contributed by atoms with Gasteiger partial charge in [0.15, 0.2) is 0 Å². The number of hydrogen-bond donors (Lipinski definition) is 2. The number of methoxy groups -OCH3 is 1. The van der Waals surface area contributed by atoms with Crippen LogP contribution < -0.4 is 10.5 Å². The highest BCUT2D eigenvalue weighted by molar-refractivity contribution is 6.30. The van der Waals surface area contributed by atoms with Gasteiger partial charge in [-0.15, -0.1) is 0 Å². The first kappa shape index (κ1) is 16.9. The quantitative estimate of drug-likeness (QED) is 0.613. The Labute approximate surface area is 147 Å². The molecular formula is C20H23ClN2O. The number of H-pyrrole nitrogens is 1. The Balaban J connectivity index is 2.19. The van der Waals surface area contributed by atoms with E-state index in [0.29, 0.717) is 0 Å². The van der Waals surface area contributed by atoms with E-state index in [-0.39, 0.29) is 0 Å². The van der Waals surface area contributed by atoms with Crippen molar-refractivity contribution in [2.24, 2.45) is 5.73 Å². The van der Waals surface area contributed by atoms with E-state index in [0.717, 1.165) is 53.4 Å². The number of aryl methyl sites for hydroxylation is 2. The zero-order valence-corrected chi connectivity index (χ0v) is 14.9. The minimum Gasteiger partial charge on any atom is -0.497 e. The number of ether oxygens (including phenoxy) is 1. The summed E-state index contributed by atoms with van der Waals surface area (Å²) >= 11 is 6.20. The maximum atomic E-state index is 6.20. The normalized spacial score (nSPS) is 11.2. The number of nitrogens with two attached hydrogens (primary N) is 1. The second-order valence-corrected chi connectivity index (χ2v) is 6.54. The molecule has 0 aliphatic heterocycles. The topological polar surface area (TPSA) is 51.0 Å². The summed E-state index contributed by atoms with van der Waals surface area (Å²) < 4.78 is 5.46. The molecule has 24 heavy (non-hydrogen) atoms. The van der Waals surface area contributed by atoms with Crippen LogP contribution in [0.1, 0.15) is 24.0 Å². The first-order valence-electron chi connectivity index (χ1n) is 8.29. The van der Waals surface area contributed by atoms with Crippen molar-refractivity contribution in [1.82, 2.24) is 4.98 Å². The molecule has 0 aliphatic rings. The van der Waals surface area contributed by atoms with E-state index in [1.807, 2.05) is 18.2 Å². The van der Waals surface area contributed by atoms with Crippen LogP contribution in [0.5, 0.6) is 5.75 Å². The van der Waals surface area contributed by atoms with Crippen LogP contribution in [0.2, 0.25) is 5.02 Å². The van der Waals surface area contributed by atoms with Crippen molar-refractivity contribution in [1.29, 1.82) is 0 Å². The molecule has 3 aromatic rings. The van der Waals surface area contributed by atoms with Crippen LogP contribution in [0.4, 0.5) is 0 Å². The fourth-order valence-corrected chi connectivity index (χ4v) is 3.40. The predicted octanol–water partition coefficient (Wildman–Crippen LogP) is 5.09. The van der Waals surface area contributed by atoms with Crippen LogP contribution in [0.25, 0.3) is 22.2 Å². The van der Waals surface area contributed by atoms with Gasteiger partial charge < -0.3 is 15.5 Å². The van der Waals surface area contributed by atoms with Crippen molar-refractivity contribution < 1.29 is 4.74 Å². The Kier molecular flexibility index (Phi) is 5.12. The van der Waals surface area contributed by atoms with Crippen molar-refractivity contribution in [3.05, 3.63) is 52.5 Å². The molecule has 0 aliphatic carbocycles. The third-order valence-electron chi connectivity index (χ3n) is 4.42. The first-order valence-corrected chi connectivity index (χ1v) is 8.67. The van der Waals surface area contributed by atoms with E-state index in [2.05, 4.69) is 30.1 Å². The summed E-state index contributed by atoms with van der Waals surface area (Å²) in [6.07, 6.45) is 3.06. The number of hydrogen-bond acceptors (Lipinski definition) is 2. The fourth-order valence-electron chi connectivity index (χ4n) is 3.21. The van der Waals surface area contributed by atoms with E-state index in [4.69, 9.17) is 22.1 Å². The van der Waals surface area contributed by atoms with E-state index in [1.54, 1.807) is 7.11 Å². The van der Waals surface area contributed by atoms with Gasteiger partial charge in [-0.25, -0.2) is 0 Å². The molecule has 126 valence electrons. The number of rotatable bonds is 6. The third kappa shape index (κ3) is 3.28. The lowest BCUT2D eigenvalue weighted by molar-refractivity contribution is 0.415. The van der Waals surface area contributed by atoms with Gasteiger partial charge in [-0.1, -0.05) is 23.7 Å². The molecule has 3 nitrogen and oxygen atoms in total. The molecule has 0 bridgehead atoms. The summed E-state index contributed by atoms with van der Waals surface area (Å²) in [4.78, 5) is 3.61. The highest BCUT2D eigenvalue weighted by atomic mass is 35.5. The standard InChI is InChI=1S/C20H23ClN2O/c1-13-10-16(24-2)12-18-17(8-3-4-9-22)20(23-19(13)18)14-6-5-7-15(21)11-14/h5-7,10-12,23H,3-4,8-9,22H2,1-2H3. The molecule has 0 saturated heterocycles. The molecule has 0 unspecified atom stereocenters. The maximum absolute atomic E-state index is 6.20. The predicted molar refractivity (Wildman–Crippen MR) is 102 cm³/mol. The van der Waals surface area contributed by atoms with Gasteiger partial charge in [-0.2, -0.15) is 0 Å². The average Bonchev–Trinajstić information content (AvgIpc) is 2.94. The van der Waals surface area contributed by atoms with Gasteiger partial charge in [0.25, 0.3) is 0 Å². The smallest absolute Gasteiger partial charge is 0.119 e.